The standard InChI is InChI=1S/C67H54FN/c1-65(2,3)48-29-36-57-58-37-30-49(66(4,5)6)41-62(58)67(61(57)40-48)60-24-11-10-21-56(60)59-38-35-53(42-63(59)67)69(51-31-25-44(26-32-51)43-15-8-7-9-16-43)52-33-27-45(28-34-52)54-22-13-17-46-18-14-23-55(64(46)54)47-19-12-20-50(68)39-47/h7-42H,1-6H3. The molecule has 0 N–H and O–H groups in total. The summed E-state index contributed by atoms with van der Waals surface area (Å²) in [6.07, 6.45) is 0. The van der Waals surface area contributed by atoms with Crippen LogP contribution in [0, 0.1) is 5.82 Å². The number of benzene rings is 10. The van der Waals surface area contributed by atoms with Gasteiger partial charge in [0, 0.05) is 17.1 Å². The SMILES string of the molecule is CC(C)(C)c1ccc2c(c1)C1(c3ccccc3-c3ccc(N(c4ccc(-c5ccccc5)cc4)c4ccc(-c5cccc6cccc(-c7cccc(F)c7)c56)cc4)cc31)c1cc(C(C)(C)C)ccc1-2. The molecule has 1 spiro atoms. The van der Waals surface area contributed by atoms with Crippen LogP contribution in [0.15, 0.2) is 218 Å². The van der Waals surface area contributed by atoms with Gasteiger partial charge in [0.2, 0.25) is 0 Å². The molecule has 0 atom stereocenters. The number of fused-ring (bicyclic) bond motifs is 11. The molecule has 12 rings (SSSR count). The molecule has 0 amide bonds. The van der Waals surface area contributed by atoms with E-state index in [1.54, 1.807) is 12.1 Å². The van der Waals surface area contributed by atoms with Gasteiger partial charge in [-0.3, -0.25) is 0 Å². The van der Waals surface area contributed by atoms with Gasteiger partial charge in [0.05, 0.1) is 5.41 Å². The Balaban J connectivity index is 1.07. The average molecular weight is 892 g/mol. The Labute approximate surface area is 406 Å². The molecule has 1 nitrogen and oxygen atoms in total. The number of halogens is 1. The molecule has 10 aromatic rings. The molecule has 0 saturated carbocycles. The maximum atomic E-state index is 14.7. The van der Waals surface area contributed by atoms with Crippen molar-refractivity contribution in [3.8, 4) is 55.6 Å². The van der Waals surface area contributed by atoms with E-state index in [-0.39, 0.29) is 16.6 Å². The summed E-state index contributed by atoms with van der Waals surface area (Å²) in [5, 5.41) is 2.22. The van der Waals surface area contributed by atoms with Crippen molar-refractivity contribution in [2.75, 3.05) is 4.90 Å². The van der Waals surface area contributed by atoms with Crippen LogP contribution in [0.5, 0.6) is 0 Å². The van der Waals surface area contributed by atoms with Gasteiger partial charge in [-0.1, -0.05) is 211 Å². The quantitative estimate of drug-likeness (QED) is 0.161. The minimum absolute atomic E-state index is 0.0354. The summed E-state index contributed by atoms with van der Waals surface area (Å²) >= 11 is 0. The first-order chi connectivity index (χ1) is 33.4. The minimum atomic E-state index is -0.532. The molecular formula is C67H54FN. The van der Waals surface area contributed by atoms with Crippen molar-refractivity contribution in [1.82, 2.24) is 0 Å². The third-order valence-corrected chi connectivity index (χ3v) is 14.9. The van der Waals surface area contributed by atoms with Gasteiger partial charge in [0.15, 0.2) is 0 Å². The number of hydrogen-bond acceptors (Lipinski definition) is 1. The normalized spacial score (nSPS) is 13.3. The van der Waals surface area contributed by atoms with Gasteiger partial charge >= 0.3 is 0 Å². The monoisotopic (exact) mass is 891 g/mol. The molecule has 10 aromatic carbocycles. The van der Waals surface area contributed by atoms with Gasteiger partial charge in [-0.25, -0.2) is 4.39 Å². The highest BCUT2D eigenvalue weighted by molar-refractivity contribution is 6.06. The zero-order chi connectivity index (χ0) is 47.2. The van der Waals surface area contributed by atoms with Crippen LogP contribution < -0.4 is 4.90 Å². The minimum Gasteiger partial charge on any atom is -0.310 e. The average Bonchev–Trinajstić information content (AvgIpc) is 3.82. The maximum absolute atomic E-state index is 14.7. The van der Waals surface area contributed by atoms with E-state index in [1.807, 2.05) is 6.07 Å². The molecule has 0 aromatic heterocycles. The molecule has 0 saturated heterocycles. The Hall–Kier alpha value is -7.81. The lowest BCUT2D eigenvalue weighted by Gasteiger charge is -2.34. The van der Waals surface area contributed by atoms with Gasteiger partial charge in [0.25, 0.3) is 0 Å². The van der Waals surface area contributed by atoms with Crippen molar-refractivity contribution in [2.24, 2.45) is 0 Å². The summed E-state index contributed by atoms with van der Waals surface area (Å²) in [5.74, 6) is -0.241. The Kier molecular flexibility index (Phi) is 9.80. The molecule has 2 heteroatoms. The number of anilines is 3. The summed E-state index contributed by atoms with van der Waals surface area (Å²) in [4.78, 5) is 2.42. The van der Waals surface area contributed by atoms with Crippen LogP contribution in [0.3, 0.4) is 0 Å². The van der Waals surface area contributed by atoms with Crippen molar-refractivity contribution < 1.29 is 4.39 Å². The predicted molar refractivity (Wildman–Crippen MR) is 289 cm³/mol. The summed E-state index contributed by atoms with van der Waals surface area (Å²) in [6.45, 7) is 14.0. The van der Waals surface area contributed by atoms with Gasteiger partial charge in [-0.2, -0.15) is 0 Å². The Morgan fingerprint density at radius 3 is 1.38 bits per heavy atom. The van der Waals surface area contributed by atoms with Crippen molar-refractivity contribution >= 4 is 27.8 Å². The first kappa shape index (κ1) is 42.5. The molecule has 0 aliphatic heterocycles. The van der Waals surface area contributed by atoms with Crippen LogP contribution in [-0.2, 0) is 16.2 Å². The Morgan fingerprint density at radius 2 is 0.783 bits per heavy atom. The smallest absolute Gasteiger partial charge is 0.123 e. The van der Waals surface area contributed by atoms with Gasteiger partial charge < -0.3 is 4.90 Å². The third kappa shape index (κ3) is 6.87. The van der Waals surface area contributed by atoms with E-state index in [0.29, 0.717) is 0 Å². The van der Waals surface area contributed by atoms with Crippen LogP contribution >= 0.6 is 0 Å². The molecule has 2 aliphatic carbocycles. The van der Waals surface area contributed by atoms with Gasteiger partial charge in [-0.05, 0) is 159 Å². The van der Waals surface area contributed by atoms with Crippen LogP contribution in [0.4, 0.5) is 21.5 Å². The maximum Gasteiger partial charge on any atom is 0.123 e. The molecule has 0 radical (unpaired) electrons. The van der Waals surface area contributed by atoms with Crippen LogP contribution in [0.2, 0.25) is 0 Å². The molecule has 0 fully saturated rings. The number of hydrogen-bond donors (Lipinski definition) is 0. The summed E-state index contributed by atoms with van der Waals surface area (Å²) in [5.41, 5.74) is 22.3. The molecule has 2 aliphatic rings. The first-order valence-corrected chi connectivity index (χ1v) is 24.3. The van der Waals surface area contributed by atoms with E-state index in [2.05, 4.69) is 241 Å². The second-order valence-electron chi connectivity index (χ2n) is 21.1. The summed E-state index contributed by atoms with van der Waals surface area (Å²) in [7, 11) is 0. The number of rotatable bonds is 6. The molecule has 0 bridgehead atoms. The van der Waals surface area contributed by atoms with Crippen molar-refractivity contribution in [1.29, 1.82) is 0 Å². The van der Waals surface area contributed by atoms with Gasteiger partial charge in [-0.15, -0.1) is 0 Å². The zero-order valence-electron chi connectivity index (χ0n) is 40.1. The largest absolute Gasteiger partial charge is 0.310 e. The molecular weight excluding hydrogens is 838 g/mol. The summed E-state index contributed by atoms with van der Waals surface area (Å²) < 4.78 is 14.7. The highest BCUT2D eigenvalue weighted by Gasteiger charge is 2.52. The lowest BCUT2D eigenvalue weighted by atomic mass is 9.68. The van der Waals surface area contributed by atoms with E-state index < -0.39 is 5.41 Å². The van der Waals surface area contributed by atoms with Crippen molar-refractivity contribution in [3.05, 3.63) is 258 Å². The highest BCUT2D eigenvalue weighted by atomic mass is 19.1. The van der Waals surface area contributed by atoms with Crippen LogP contribution in [-0.4, -0.2) is 0 Å². The number of nitrogens with zero attached hydrogens (tertiary/aromatic N) is 1. The van der Waals surface area contributed by atoms with Crippen molar-refractivity contribution in [2.45, 2.75) is 57.8 Å². The van der Waals surface area contributed by atoms with Crippen LogP contribution in [0.1, 0.15) is 74.9 Å². The topological polar surface area (TPSA) is 3.24 Å². The second-order valence-corrected chi connectivity index (χ2v) is 21.1. The Bertz CT molecular complexity index is 3550. The molecule has 334 valence electrons. The lowest BCUT2D eigenvalue weighted by molar-refractivity contribution is 0.586. The lowest BCUT2D eigenvalue weighted by Crippen LogP contribution is -2.27. The highest BCUT2D eigenvalue weighted by Crippen LogP contribution is 2.64. The van der Waals surface area contributed by atoms with Crippen molar-refractivity contribution in [3.63, 3.8) is 0 Å². The van der Waals surface area contributed by atoms with E-state index in [9.17, 15) is 4.39 Å². The fourth-order valence-corrected chi connectivity index (χ4v) is 11.4. The predicted octanol–water partition coefficient (Wildman–Crippen LogP) is 18.4. The first-order valence-electron chi connectivity index (χ1n) is 24.3. The fourth-order valence-electron chi connectivity index (χ4n) is 11.4. The van der Waals surface area contributed by atoms with Crippen LogP contribution in [0.25, 0.3) is 66.4 Å². The van der Waals surface area contributed by atoms with E-state index in [0.717, 1.165) is 50.1 Å². The second kappa shape index (κ2) is 15.9. The van der Waals surface area contributed by atoms with Gasteiger partial charge in [0.1, 0.15) is 5.82 Å². The molecule has 0 heterocycles. The molecule has 69 heavy (non-hydrogen) atoms. The third-order valence-electron chi connectivity index (χ3n) is 14.9. The fraction of sp³-hybridized carbons (Fsp3) is 0.134. The van der Waals surface area contributed by atoms with E-state index >= 15 is 0 Å². The Morgan fingerprint density at radius 1 is 0.333 bits per heavy atom. The van der Waals surface area contributed by atoms with E-state index in [4.69, 9.17) is 0 Å². The summed E-state index contributed by atoms with van der Waals surface area (Å²) in [6, 6.07) is 79.1. The molecule has 0 unspecified atom stereocenters. The zero-order valence-corrected chi connectivity index (χ0v) is 40.1. The van der Waals surface area contributed by atoms with E-state index in [1.165, 1.54) is 72.8 Å².